The molecule has 0 aliphatic carbocycles. The Morgan fingerprint density at radius 2 is 1.51 bits per heavy atom. The summed E-state index contributed by atoms with van der Waals surface area (Å²) in [7, 11) is -4.17. The van der Waals surface area contributed by atoms with E-state index >= 15 is 0 Å². The number of amides is 2. The smallest absolute Gasteiger partial charge is 0.264 e. The van der Waals surface area contributed by atoms with Crippen LogP contribution in [0.25, 0.3) is 0 Å². The minimum atomic E-state index is -4.17. The van der Waals surface area contributed by atoms with Crippen LogP contribution in [-0.2, 0) is 26.2 Å². The molecule has 2 atom stereocenters. The summed E-state index contributed by atoms with van der Waals surface area (Å²) in [5, 5.41) is 2.98. The molecule has 2 amide bonds. The summed E-state index contributed by atoms with van der Waals surface area (Å²) in [5.41, 5.74) is 1.08. The summed E-state index contributed by atoms with van der Waals surface area (Å²) >= 11 is 0. The molecule has 0 aromatic heterocycles. The molecular weight excluding hydrogens is 542 g/mol. The number of carbonyl (C=O) groups excluding carboxylic acids is 2. The minimum absolute atomic E-state index is 0.0406. The van der Waals surface area contributed by atoms with E-state index in [2.05, 4.69) is 5.32 Å². The van der Waals surface area contributed by atoms with E-state index in [1.165, 1.54) is 17.0 Å². The van der Waals surface area contributed by atoms with Crippen LogP contribution in [0.3, 0.4) is 0 Å². The van der Waals surface area contributed by atoms with Crippen LogP contribution in [0.4, 0.5) is 5.69 Å². The molecule has 0 fully saturated rings. The molecule has 4 rings (SSSR count). The number of ether oxygens (including phenoxy) is 2. The highest BCUT2D eigenvalue weighted by atomic mass is 32.2. The van der Waals surface area contributed by atoms with E-state index in [1.807, 2.05) is 51.1 Å². The van der Waals surface area contributed by atoms with Crippen molar-refractivity contribution in [3.05, 3.63) is 84.4 Å². The largest absolute Gasteiger partial charge is 0.486 e. The molecular formula is C31H37N3O6S. The molecule has 0 spiro atoms. The molecule has 218 valence electrons. The number of anilines is 1. The summed E-state index contributed by atoms with van der Waals surface area (Å²) < 4.78 is 40.3. The lowest BCUT2D eigenvalue weighted by Crippen LogP contribution is -2.53. The van der Waals surface area contributed by atoms with E-state index in [0.29, 0.717) is 31.1 Å². The Morgan fingerprint density at radius 3 is 2.15 bits per heavy atom. The highest BCUT2D eigenvalue weighted by Gasteiger charge is 2.34. The van der Waals surface area contributed by atoms with E-state index < -0.39 is 28.5 Å². The topological polar surface area (TPSA) is 105 Å². The van der Waals surface area contributed by atoms with Crippen LogP contribution in [-0.4, -0.2) is 57.0 Å². The molecule has 1 heterocycles. The standard InChI is InChI=1S/C31H37N3O6S/c1-4-23(3)32-31(36)27(5-2)33(21-24-12-8-6-9-13-24)30(35)22-34(41(37,38)26-14-10-7-11-15-26)25-16-17-28-29(20-25)40-19-18-39-28/h6-17,20,23,27H,4-5,18-19,21-22H2,1-3H3,(H,32,36)/t23-,27-/m0/s1. The summed E-state index contributed by atoms with van der Waals surface area (Å²) in [6, 6.07) is 21.2. The Morgan fingerprint density at radius 1 is 0.878 bits per heavy atom. The maximum absolute atomic E-state index is 14.1. The Labute approximate surface area is 242 Å². The molecule has 1 aliphatic rings. The highest BCUT2D eigenvalue weighted by molar-refractivity contribution is 7.92. The number of rotatable bonds is 12. The van der Waals surface area contributed by atoms with Crippen molar-refractivity contribution >= 4 is 27.5 Å². The van der Waals surface area contributed by atoms with Gasteiger partial charge in [0.2, 0.25) is 11.8 Å². The lowest BCUT2D eigenvalue weighted by Gasteiger charge is -2.34. The molecule has 0 saturated carbocycles. The number of fused-ring (bicyclic) bond motifs is 1. The monoisotopic (exact) mass is 579 g/mol. The van der Waals surface area contributed by atoms with Gasteiger partial charge in [-0.3, -0.25) is 13.9 Å². The highest BCUT2D eigenvalue weighted by Crippen LogP contribution is 2.36. The van der Waals surface area contributed by atoms with Gasteiger partial charge in [0.25, 0.3) is 10.0 Å². The molecule has 3 aromatic carbocycles. The van der Waals surface area contributed by atoms with Crippen molar-refractivity contribution in [2.75, 3.05) is 24.1 Å². The normalized spacial score (nSPS) is 14.0. The first kappa shape index (κ1) is 29.9. The average molecular weight is 580 g/mol. The zero-order valence-corrected chi connectivity index (χ0v) is 24.5. The molecule has 0 unspecified atom stereocenters. The average Bonchev–Trinajstić information content (AvgIpc) is 3.00. The van der Waals surface area contributed by atoms with E-state index in [0.717, 1.165) is 16.3 Å². The number of benzene rings is 3. The van der Waals surface area contributed by atoms with Crippen molar-refractivity contribution < 1.29 is 27.5 Å². The Hall–Kier alpha value is -4.05. The summed E-state index contributed by atoms with van der Waals surface area (Å²) in [4.78, 5) is 29.0. The molecule has 9 nitrogen and oxygen atoms in total. The number of nitrogens with zero attached hydrogens (tertiary/aromatic N) is 2. The van der Waals surface area contributed by atoms with Gasteiger partial charge in [0.05, 0.1) is 10.6 Å². The molecule has 10 heteroatoms. The summed E-state index contributed by atoms with van der Waals surface area (Å²) in [5.74, 6) is 0.120. The maximum Gasteiger partial charge on any atom is 0.264 e. The lowest BCUT2D eigenvalue weighted by molar-refractivity contribution is -0.140. The van der Waals surface area contributed by atoms with Gasteiger partial charge in [-0.1, -0.05) is 62.4 Å². The number of sulfonamides is 1. The van der Waals surface area contributed by atoms with Crippen LogP contribution in [0.5, 0.6) is 11.5 Å². The molecule has 0 radical (unpaired) electrons. The van der Waals surface area contributed by atoms with Gasteiger partial charge in [-0.15, -0.1) is 0 Å². The molecule has 1 N–H and O–H groups in total. The fourth-order valence-electron chi connectivity index (χ4n) is 4.58. The molecule has 0 saturated heterocycles. The first-order chi connectivity index (χ1) is 19.7. The van der Waals surface area contributed by atoms with Crippen LogP contribution < -0.4 is 19.1 Å². The molecule has 41 heavy (non-hydrogen) atoms. The summed E-state index contributed by atoms with van der Waals surface area (Å²) in [6.07, 6.45) is 1.10. The van der Waals surface area contributed by atoms with E-state index in [1.54, 1.807) is 36.4 Å². The Balaban J connectivity index is 1.74. The third kappa shape index (κ3) is 7.18. The number of nitrogens with one attached hydrogen (secondary N) is 1. The second-order valence-corrected chi connectivity index (χ2v) is 11.8. The Kier molecular flexibility index (Phi) is 9.88. The predicted molar refractivity (Wildman–Crippen MR) is 157 cm³/mol. The third-order valence-electron chi connectivity index (χ3n) is 7.01. The number of carbonyl (C=O) groups is 2. The van der Waals surface area contributed by atoms with E-state index in [-0.39, 0.29) is 29.1 Å². The predicted octanol–water partition coefficient (Wildman–Crippen LogP) is 4.38. The molecule has 3 aromatic rings. The number of hydrogen-bond acceptors (Lipinski definition) is 6. The summed E-state index contributed by atoms with van der Waals surface area (Å²) in [6.45, 7) is 6.06. The van der Waals surface area contributed by atoms with Crippen molar-refractivity contribution in [3.8, 4) is 11.5 Å². The van der Waals surface area contributed by atoms with Gasteiger partial charge in [-0.2, -0.15) is 0 Å². The van der Waals surface area contributed by atoms with Crippen LogP contribution in [0.2, 0.25) is 0 Å². The maximum atomic E-state index is 14.1. The fourth-order valence-corrected chi connectivity index (χ4v) is 6.00. The van der Waals surface area contributed by atoms with Crippen LogP contribution in [0.1, 0.15) is 39.2 Å². The first-order valence-corrected chi connectivity index (χ1v) is 15.3. The van der Waals surface area contributed by atoms with Crippen LogP contribution in [0, 0.1) is 0 Å². The van der Waals surface area contributed by atoms with Gasteiger partial charge in [0.15, 0.2) is 11.5 Å². The van der Waals surface area contributed by atoms with Gasteiger partial charge in [0.1, 0.15) is 25.8 Å². The first-order valence-electron chi connectivity index (χ1n) is 13.9. The van der Waals surface area contributed by atoms with Crippen molar-refractivity contribution in [1.29, 1.82) is 0 Å². The van der Waals surface area contributed by atoms with Crippen molar-refractivity contribution in [2.24, 2.45) is 0 Å². The lowest BCUT2D eigenvalue weighted by atomic mass is 10.1. The zero-order valence-electron chi connectivity index (χ0n) is 23.7. The van der Waals surface area contributed by atoms with E-state index in [4.69, 9.17) is 9.47 Å². The van der Waals surface area contributed by atoms with Gasteiger partial charge in [-0.05, 0) is 49.6 Å². The van der Waals surface area contributed by atoms with E-state index in [9.17, 15) is 18.0 Å². The Bertz CT molecular complexity index is 1430. The van der Waals surface area contributed by atoms with Crippen LogP contribution in [0.15, 0.2) is 83.8 Å². The molecule has 0 bridgehead atoms. The second kappa shape index (κ2) is 13.5. The van der Waals surface area contributed by atoms with Crippen LogP contribution >= 0.6 is 0 Å². The van der Waals surface area contributed by atoms with Crippen molar-refractivity contribution in [2.45, 2.75) is 57.1 Å². The van der Waals surface area contributed by atoms with Gasteiger partial charge in [0, 0.05) is 18.7 Å². The second-order valence-electron chi connectivity index (χ2n) is 9.90. The van der Waals surface area contributed by atoms with Gasteiger partial charge in [-0.25, -0.2) is 8.42 Å². The van der Waals surface area contributed by atoms with Gasteiger partial charge >= 0.3 is 0 Å². The molecule has 1 aliphatic heterocycles. The fraction of sp³-hybridized carbons (Fsp3) is 0.355. The van der Waals surface area contributed by atoms with Gasteiger partial charge < -0.3 is 19.7 Å². The number of hydrogen-bond donors (Lipinski definition) is 1. The third-order valence-corrected chi connectivity index (χ3v) is 8.79. The van der Waals surface area contributed by atoms with Crippen molar-refractivity contribution in [3.63, 3.8) is 0 Å². The van der Waals surface area contributed by atoms with Crippen molar-refractivity contribution in [1.82, 2.24) is 10.2 Å². The minimum Gasteiger partial charge on any atom is -0.486 e. The quantitative estimate of drug-likeness (QED) is 0.342. The SMILES string of the molecule is CC[C@H](C)NC(=O)[C@H](CC)N(Cc1ccccc1)C(=O)CN(c1ccc2c(c1)OCCO2)S(=O)(=O)c1ccccc1. The zero-order chi connectivity index (χ0) is 29.4.